The molecule has 0 atom stereocenters. The van der Waals surface area contributed by atoms with Crippen molar-refractivity contribution in [3.05, 3.63) is 34.0 Å². The van der Waals surface area contributed by atoms with E-state index in [0.29, 0.717) is 5.41 Å². The van der Waals surface area contributed by atoms with E-state index in [0.717, 1.165) is 62.5 Å². The molecule has 0 unspecified atom stereocenters. The van der Waals surface area contributed by atoms with Crippen LogP contribution in [0.2, 0.25) is 0 Å². The summed E-state index contributed by atoms with van der Waals surface area (Å²) < 4.78 is 2.33. The molecule has 2 aromatic heterocycles. The molecule has 128 valence electrons. The lowest BCUT2D eigenvalue weighted by Gasteiger charge is -2.41. The first kappa shape index (κ1) is 15.8. The van der Waals surface area contributed by atoms with Crippen molar-refractivity contribution in [3.63, 3.8) is 0 Å². The maximum Gasteiger partial charge on any atom is 0.254 e. The van der Waals surface area contributed by atoms with Crippen molar-refractivity contribution in [2.75, 3.05) is 13.1 Å². The highest BCUT2D eigenvalue weighted by Gasteiger charge is 2.37. The van der Waals surface area contributed by atoms with Gasteiger partial charge in [0.15, 0.2) is 0 Å². The minimum Gasteiger partial charge on any atom is -0.339 e. The summed E-state index contributed by atoms with van der Waals surface area (Å²) in [5.41, 5.74) is 1.22. The van der Waals surface area contributed by atoms with Crippen LogP contribution >= 0.6 is 11.3 Å². The maximum atomic E-state index is 12.5. The number of carbonyl (C=O) groups excluding carboxylic acids is 1. The normalized spacial score (nSPS) is 20.0. The van der Waals surface area contributed by atoms with Crippen LogP contribution in [-0.4, -0.2) is 38.7 Å². The van der Waals surface area contributed by atoms with Crippen LogP contribution in [0.4, 0.5) is 0 Å². The minimum atomic E-state index is 0.199. The van der Waals surface area contributed by atoms with Gasteiger partial charge in [-0.25, -0.2) is 0 Å². The second-order valence-corrected chi connectivity index (χ2v) is 7.87. The molecule has 0 aliphatic carbocycles. The van der Waals surface area contributed by atoms with Gasteiger partial charge >= 0.3 is 0 Å². The Labute approximate surface area is 146 Å². The Bertz CT molecular complexity index is 713. The van der Waals surface area contributed by atoms with Gasteiger partial charge in [-0.15, -0.1) is 10.2 Å². The van der Waals surface area contributed by atoms with Gasteiger partial charge in [0, 0.05) is 37.9 Å². The quantitative estimate of drug-likeness (QED) is 0.841. The van der Waals surface area contributed by atoms with E-state index in [1.54, 1.807) is 11.3 Å². The van der Waals surface area contributed by atoms with Gasteiger partial charge in [0.1, 0.15) is 11.6 Å². The lowest BCUT2D eigenvalue weighted by molar-refractivity contribution is 0.0536. The first-order valence-electron chi connectivity index (χ1n) is 8.93. The number of hydrogen-bond donors (Lipinski definition) is 0. The Balaban J connectivity index is 1.42. The lowest BCUT2D eigenvalue weighted by Crippen LogP contribution is -2.43. The average molecular weight is 344 g/mol. The summed E-state index contributed by atoms with van der Waals surface area (Å²) in [6, 6.07) is 1.93. The Morgan fingerprint density at radius 3 is 2.71 bits per heavy atom. The van der Waals surface area contributed by atoms with Crippen LogP contribution in [0.15, 0.2) is 16.8 Å². The first-order valence-corrected chi connectivity index (χ1v) is 9.87. The smallest absolute Gasteiger partial charge is 0.254 e. The average Bonchev–Trinajstić information content (AvgIpc) is 3.25. The van der Waals surface area contributed by atoms with E-state index in [-0.39, 0.29) is 5.91 Å². The zero-order chi connectivity index (χ0) is 16.6. The van der Waals surface area contributed by atoms with Gasteiger partial charge in [-0.1, -0.05) is 6.92 Å². The Hall–Kier alpha value is -1.69. The summed E-state index contributed by atoms with van der Waals surface area (Å²) in [6.45, 7) is 4.95. The molecule has 0 saturated carbocycles. The molecule has 0 bridgehead atoms. The standard InChI is InChI=1S/C18H24N4OS/c1-2-15-19-20-16-3-5-18(8-11-22(15)16)6-9-21(10-7-18)17(23)14-4-12-24-13-14/h4,12-13H,2-3,5-11H2,1H3. The van der Waals surface area contributed by atoms with Gasteiger partial charge in [0.25, 0.3) is 5.91 Å². The molecule has 1 spiro atoms. The summed E-state index contributed by atoms with van der Waals surface area (Å²) >= 11 is 1.59. The van der Waals surface area contributed by atoms with Gasteiger partial charge in [0.05, 0.1) is 5.56 Å². The van der Waals surface area contributed by atoms with Crippen molar-refractivity contribution in [2.45, 2.75) is 52.0 Å². The van der Waals surface area contributed by atoms with E-state index in [1.165, 1.54) is 12.8 Å². The topological polar surface area (TPSA) is 51.0 Å². The molecule has 6 heteroatoms. The van der Waals surface area contributed by atoms with Crippen molar-refractivity contribution in [1.29, 1.82) is 0 Å². The Morgan fingerprint density at radius 2 is 2.00 bits per heavy atom. The van der Waals surface area contributed by atoms with E-state index in [1.807, 2.05) is 21.7 Å². The van der Waals surface area contributed by atoms with Gasteiger partial charge in [-0.05, 0) is 42.5 Å². The van der Waals surface area contributed by atoms with Crippen molar-refractivity contribution >= 4 is 17.2 Å². The fourth-order valence-corrected chi connectivity index (χ4v) is 4.81. The molecule has 0 N–H and O–H groups in total. The first-order chi connectivity index (χ1) is 11.7. The summed E-state index contributed by atoms with van der Waals surface area (Å²) in [5.74, 6) is 2.47. The van der Waals surface area contributed by atoms with Crippen LogP contribution in [0.3, 0.4) is 0 Å². The number of nitrogens with zero attached hydrogens (tertiary/aromatic N) is 4. The SMILES string of the molecule is CCc1nnc2n1CCC1(CC2)CCN(C(=O)c2ccsc2)CC1. The number of aryl methyl sites for hydroxylation is 2. The second kappa shape index (κ2) is 6.31. The van der Waals surface area contributed by atoms with Crippen molar-refractivity contribution in [3.8, 4) is 0 Å². The highest BCUT2D eigenvalue weighted by molar-refractivity contribution is 7.08. The minimum absolute atomic E-state index is 0.199. The Kier molecular flexibility index (Phi) is 4.16. The molecule has 5 nitrogen and oxygen atoms in total. The number of piperidine rings is 1. The van der Waals surface area contributed by atoms with E-state index < -0.39 is 0 Å². The number of carbonyl (C=O) groups is 1. The second-order valence-electron chi connectivity index (χ2n) is 7.09. The fraction of sp³-hybridized carbons (Fsp3) is 0.611. The molecule has 1 amide bonds. The third-order valence-electron chi connectivity index (χ3n) is 5.84. The molecule has 2 aromatic rings. The number of rotatable bonds is 2. The maximum absolute atomic E-state index is 12.5. The van der Waals surface area contributed by atoms with Crippen molar-refractivity contribution in [2.24, 2.45) is 5.41 Å². The molecule has 4 heterocycles. The predicted molar refractivity (Wildman–Crippen MR) is 94.2 cm³/mol. The van der Waals surface area contributed by atoms with Crippen LogP contribution in [0.25, 0.3) is 0 Å². The third-order valence-corrected chi connectivity index (χ3v) is 6.53. The van der Waals surface area contributed by atoms with Gasteiger partial charge < -0.3 is 9.47 Å². The summed E-state index contributed by atoms with van der Waals surface area (Å²) in [4.78, 5) is 14.6. The van der Waals surface area contributed by atoms with Crippen LogP contribution < -0.4 is 0 Å². The van der Waals surface area contributed by atoms with Crippen molar-refractivity contribution < 1.29 is 4.79 Å². The third kappa shape index (κ3) is 2.77. The van der Waals surface area contributed by atoms with E-state index in [9.17, 15) is 4.79 Å². The van der Waals surface area contributed by atoms with E-state index in [4.69, 9.17) is 0 Å². The number of fused-ring (bicyclic) bond motifs is 1. The number of amides is 1. The van der Waals surface area contributed by atoms with Gasteiger partial charge in [-0.3, -0.25) is 4.79 Å². The highest BCUT2D eigenvalue weighted by atomic mass is 32.1. The molecule has 0 radical (unpaired) electrons. The highest BCUT2D eigenvalue weighted by Crippen LogP contribution is 2.41. The zero-order valence-corrected chi connectivity index (χ0v) is 15.0. The van der Waals surface area contributed by atoms with Crippen LogP contribution in [0.5, 0.6) is 0 Å². The Morgan fingerprint density at radius 1 is 1.21 bits per heavy atom. The number of aromatic nitrogens is 3. The monoisotopic (exact) mass is 344 g/mol. The number of hydrogen-bond acceptors (Lipinski definition) is 4. The van der Waals surface area contributed by atoms with Crippen molar-refractivity contribution in [1.82, 2.24) is 19.7 Å². The number of thiophene rings is 1. The lowest BCUT2D eigenvalue weighted by atomic mass is 9.72. The molecule has 24 heavy (non-hydrogen) atoms. The molecule has 4 rings (SSSR count). The molecule has 2 aliphatic heterocycles. The summed E-state index contributed by atoms with van der Waals surface area (Å²) in [6.07, 6.45) is 6.56. The molecular formula is C18H24N4OS. The molecular weight excluding hydrogens is 320 g/mol. The van der Waals surface area contributed by atoms with E-state index in [2.05, 4.69) is 21.7 Å². The van der Waals surface area contributed by atoms with Crippen LogP contribution in [0.1, 0.15) is 54.6 Å². The van der Waals surface area contributed by atoms with Crippen LogP contribution in [-0.2, 0) is 19.4 Å². The predicted octanol–water partition coefficient (Wildman–Crippen LogP) is 3.16. The summed E-state index contributed by atoms with van der Waals surface area (Å²) in [5, 5.41) is 12.6. The molecule has 1 fully saturated rings. The molecule has 0 aromatic carbocycles. The molecule has 1 saturated heterocycles. The summed E-state index contributed by atoms with van der Waals surface area (Å²) in [7, 11) is 0. The van der Waals surface area contributed by atoms with Gasteiger partial charge in [-0.2, -0.15) is 11.3 Å². The fourth-order valence-electron chi connectivity index (χ4n) is 4.18. The zero-order valence-electron chi connectivity index (χ0n) is 14.2. The van der Waals surface area contributed by atoms with Gasteiger partial charge in [0.2, 0.25) is 0 Å². The van der Waals surface area contributed by atoms with Crippen LogP contribution in [0, 0.1) is 5.41 Å². The van der Waals surface area contributed by atoms with E-state index >= 15 is 0 Å². The molecule has 2 aliphatic rings. The largest absolute Gasteiger partial charge is 0.339 e. The number of likely N-dealkylation sites (tertiary alicyclic amines) is 1.